The smallest absolute Gasteiger partial charge is 0.247 e. The van der Waals surface area contributed by atoms with E-state index in [4.69, 9.17) is 9.47 Å². The highest BCUT2D eigenvalue weighted by Crippen LogP contribution is 2.51. The summed E-state index contributed by atoms with van der Waals surface area (Å²) in [4.78, 5) is 39.7. The van der Waals surface area contributed by atoms with Gasteiger partial charge >= 0.3 is 0 Å². The van der Waals surface area contributed by atoms with Gasteiger partial charge in [-0.3, -0.25) is 14.4 Å². The molecule has 2 aromatic rings. The monoisotopic (exact) mass is 538 g/mol. The van der Waals surface area contributed by atoms with Crippen LogP contribution in [-0.4, -0.2) is 71.7 Å². The molecule has 0 aromatic heterocycles. The van der Waals surface area contributed by atoms with Crippen LogP contribution in [0.25, 0.3) is 0 Å². The number of rotatable bonds is 11. The van der Waals surface area contributed by atoms with E-state index in [2.05, 4.69) is 11.9 Å². The maximum atomic E-state index is 14.6. The number of amides is 2. The third-order valence-corrected chi connectivity index (χ3v) is 6.95. The maximum absolute atomic E-state index is 14.6. The summed E-state index contributed by atoms with van der Waals surface area (Å²) in [6, 6.07) is 8.03. The minimum Gasteiger partial charge on any atom is -0.493 e. The lowest BCUT2D eigenvalue weighted by Crippen LogP contribution is -2.55. The van der Waals surface area contributed by atoms with Gasteiger partial charge in [0.15, 0.2) is 11.5 Å². The summed E-state index contributed by atoms with van der Waals surface area (Å²) in [5.41, 5.74) is 1.19. The molecule has 1 aliphatic heterocycles. The Hall–Kier alpha value is -4.02. The number of carbonyl (C=O) groups excluding carboxylic acids is 3. The summed E-state index contributed by atoms with van der Waals surface area (Å²) in [6.07, 6.45) is 1.81. The fraction of sp³-hybridized carbons (Fsp3) is 0.345. The van der Waals surface area contributed by atoms with E-state index in [0.717, 1.165) is 0 Å². The molecule has 2 aromatic carbocycles. The molecule has 0 spiro atoms. The molecule has 1 heterocycles. The van der Waals surface area contributed by atoms with Gasteiger partial charge in [-0.2, -0.15) is 0 Å². The number of allylic oxidation sites excluding steroid dienone is 1. The van der Waals surface area contributed by atoms with Crippen molar-refractivity contribution in [2.24, 2.45) is 0 Å². The van der Waals surface area contributed by atoms with Crippen molar-refractivity contribution in [1.29, 1.82) is 0 Å². The number of aliphatic hydroxyl groups is 2. The Labute approximate surface area is 225 Å². The molecule has 4 rings (SSSR count). The predicted octanol–water partition coefficient (Wildman–Crippen LogP) is 2.26. The second-order valence-corrected chi connectivity index (χ2v) is 9.34. The molecule has 3 N–H and O–H groups in total. The second kappa shape index (κ2) is 12.2. The lowest BCUT2D eigenvalue weighted by Gasteiger charge is -2.40. The zero-order valence-electron chi connectivity index (χ0n) is 21.5. The minimum atomic E-state index is -1.32. The number of ether oxygens (including phenoxy) is 2. The van der Waals surface area contributed by atoms with E-state index in [1.165, 1.54) is 36.3 Å². The average molecular weight is 539 g/mol. The highest BCUT2D eigenvalue weighted by atomic mass is 19.1. The van der Waals surface area contributed by atoms with Gasteiger partial charge in [-0.05, 0) is 30.7 Å². The molecule has 0 fully saturated rings. The molecule has 1 aliphatic carbocycles. The highest BCUT2D eigenvalue weighted by molar-refractivity contribution is 5.96. The van der Waals surface area contributed by atoms with Crippen molar-refractivity contribution in [2.75, 3.05) is 20.3 Å². The fourth-order valence-corrected chi connectivity index (χ4v) is 5.10. The predicted molar refractivity (Wildman–Crippen MR) is 140 cm³/mol. The molecule has 10 heteroatoms. The van der Waals surface area contributed by atoms with Crippen LogP contribution in [0.3, 0.4) is 0 Å². The quantitative estimate of drug-likeness (QED) is 0.296. The molecule has 4 atom stereocenters. The van der Waals surface area contributed by atoms with Crippen LogP contribution in [0.15, 0.2) is 60.7 Å². The normalized spacial score (nSPS) is 21.1. The number of methoxy groups -OCH3 is 1. The van der Waals surface area contributed by atoms with E-state index in [9.17, 15) is 29.0 Å². The number of nitrogens with zero attached hydrogens (tertiary/aromatic N) is 1. The van der Waals surface area contributed by atoms with Crippen LogP contribution in [0.5, 0.6) is 11.5 Å². The third kappa shape index (κ3) is 5.57. The van der Waals surface area contributed by atoms with Gasteiger partial charge in [0.25, 0.3) is 0 Å². The molecule has 2 amide bonds. The van der Waals surface area contributed by atoms with Crippen molar-refractivity contribution in [1.82, 2.24) is 10.2 Å². The number of carbonyl (C=O) groups is 3. The van der Waals surface area contributed by atoms with E-state index in [1.807, 2.05) is 0 Å². The molecule has 0 saturated heterocycles. The lowest BCUT2D eigenvalue weighted by molar-refractivity contribution is -0.138. The Morgan fingerprint density at radius 1 is 1.28 bits per heavy atom. The zero-order valence-corrected chi connectivity index (χ0v) is 21.5. The topological polar surface area (TPSA) is 125 Å². The SMILES string of the molecule is C=CCCC(=O)N(Cc1ccccc1F)C1C=C(C(=O)NCCO)C2c3cc(C=O)cc(OC)c3OC2C1O. The van der Waals surface area contributed by atoms with Crippen LogP contribution in [0.4, 0.5) is 4.39 Å². The number of halogens is 1. The molecule has 9 nitrogen and oxygen atoms in total. The Morgan fingerprint density at radius 2 is 2.05 bits per heavy atom. The highest BCUT2D eigenvalue weighted by Gasteiger charge is 2.51. The summed E-state index contributed by atoms with van der Waals surface area (Å²) in [7, 11) is 1.41. The van der Waals surface area contributed by atoms with Gasteiger partial charge in [0, 0.05) is 41.8 Å². The molecule has 4 unspecified atom stereocenters. The van der Waals surface area contributed by atoms with Gasteiger partial charge in [-0.25, -0.2) is 4.39 Å². The number of aliphatic hydroxyl groups excluding tert-OH is 2. The maximum Gasteiger partial charge on any atom is 0.247 e. The first-order chi connectivity index (χ1) is 18.8. The van der Waals surface area contributed by atoms with Crippen molar-refractivity contribution < 1.29 is 38.5 Å². The molecule has 0 radical (unpaired) electrons. The van der Waals surface area contributed by atoms with Crippen molar-refractivity contribution in [3.8, 4) is 11.5 Å². The van der Waals surface area contributed by atoms with Gasteiger partial charge in [-0.15, -0.1) is 6.58 Å². The fourth-order valence-electron chi connectivity index (χ4n) is 5.10. The van der Waals surface area contributed by atoms with Crippen LogP contribution < -0.4 is 14.8 Å². The van der Waals surface area contributed by atoms with Crippen molar-refractivity contribution in [3.63, 3.8) is 0 Å². The summed E-state index contributed by atoms with van der Waals surface area (Å²) in [5.74, 6) is -1.68. The largest absolute Gasteiger partial charge is 0.493 e. The minimum absolute atomic E-state index is 0.0244. The average Bonchev–Trinajstić information content (AvgIpc) is 3.34. The number of aldehydes is 1. The molecular formula is C29H31FN2O7. The van der Waals surface area contributed by atoms with E-state index in [1.54, 1.807) is 24.3 Å². The van der Waals surface area contributed by atoms with Crippen molar-refractivity contribution in [2.45, 2.75) is 43.6 Å². The third-order valence-electron chi connectivity index (χ3n) is 6.95. The van der Waals surface area contributed by atoms with E-state index in [-0.39, 0.29) is 54.7 Å². The van der Waals surface area contributed by atoms with Gasteiger partial charge in [0.2, 0.25) is 11.8 Å². The first-order valence-corrected chi connectivity index (χ1v) is 12.6. The zero-order chi connectivity index (χ0) is 28.1. The van der Waals surface area contributed by atoms with Crippen LogP contribution in [0, 0.1) is 5.82 Å². The lowest BCUT2D eigenvalue weighted by atomic mass is 9.77. The first kappa shape index (κ1) is 28.0. The molecule has 206 valence electrons. The summed E-state index contributed by atoms with van der Waals surface area (Å²) < 4.78 is 26.2. The van der Waals surface area contributed by atoms with E-state index in [0.29, 0.717) is 23.8 Å². The van der Waals surface area contributed by atoms with Gasteiger partial charge in [0.05, 0.1) is 25.7 Å². The van der Waals surface area contributed by atoms with Crippen molar-refractivity contribution in [3.05, 3.63) is 83.2 Å². The first-order valence-electron chi connectivity index (χ1n) is 12.6. The number of benzene rings is 2. The van der Waals surface area contributed by atoms with Crippen LogP contribution >= 0.6 is 0 Å². The van der Waals surface area contributed by atoms with Crippen molar-refractivity contribution >= 4 is 18.1 Å². The van der Waals surface area contributed by atoms with Gasteiger partial charge < -0.3 is 29.9 Å². The number of nitrogens with one attached hydrogen (secondary N) is 1. The summed E-state index contributed by atoms with van der Waals surface area (Å²) >= 11 is 0. The van der Waals surface area contributed by atoms with Gasteiger partial charge in [-0.1, -0.05) is 24.3 Å². The van der Waals surface area contributed by atoms with E-state index < -0.39 is 35.9 Å². The Kier molecular flexibility index (Phi) is 8.78. The molecular weight excluding hydrogens is 507 g/mol. The van der Waals surface area contributed by atoms with Crippen LogP contribution in [0.2, 0.25) is 0 Å². The Bertz CT molecular complexity index is 1290. The number of fused-ring (bicyclic) bond motifs is 3. The summed E-state index contributed by atoms with van der Waals surface area (Å²) in [5, 5.41) is 23.5. The second-order valence-electron chi connectivity index (χ2n) is 9.34. The Morgan fingerprint density at radius 3 is 2.72 bits per heavy atom. The number of hydrogen-bond donors (Lipinski definition) is 3. The van der Waals surface area contributed by atoms with E-state index >= 15 is 0 Å². The van der Waals surface area contributed by atoms with Crippen LogP contribution in [-0.2, 0) is 16.1 Å². The Balaban J connectivity index is 1.83. The van der Waals surface area contributed by atoms with Gasteiger partial charge in [0.1, 0.15) is 24.3 Å². The molecule has 0 bridgehead atoms. The summed E-state index contributed by atoms with van der Waals surface area (Å²) in [6.45, 7) is 3.18. The molecule has 39 heavy (non-hydrogen) atoms. The standard InChI is InChI=1S/C29H31FN2O7/c1-3-4-9-24(35)32(15-18-7-5-6-8-21(18)30)22-14-20(29(37)31-10-11-33)25-19-12-17(16-34)13-23(38-2)27(19)39-28(25)26(22)36/h3,5-8,12-14,16,22,25-26,28,33,36H,1,4,9-11,15H2,2H3,(H,31,37). The molecule has 0 saturated carbocycles. The number of hydrogen-bond acceptors (Lipinski definition) is 7. The molecule has 2 aliphatic rings. The van der Waals surface area contributed by atoms with Crippen LogP contribution in [0.1, 0.15) is 40.2 Å².